The molecule has 1 atom stereocenters. The van der Waals surface area contributed by atoms with Crippen molar-refractivity contribution in [1.29, 1.82) is 0 Å². The van der Waals surface area contributed by atoms with Crippen LogP contribution in [0, 0.1) is 22.2 Å². The Labute approximate surface area is 208 Å². The minimum Gasteiger partial charge on any atom is -0.502 e. The lowest BCUT2D eigenvalue weighted by atomic mass is 9.56. The number of phenols is 1. The maximum atomic E-state index is 12.9. The molecule has 0 aliphatic carbocycles. The lowest BCUT2D eigenvalue weighted by Crippen LogP contribution is -2.39. The Balaban J connectivity index is 4.41. The number of hydrogen-bond donors (Lipinski definition) is 2. The van der Waals surface area contributed by atoms with Crippen molar-refractivity contribution in [2.75, 3.05) is 14.2 Å². The van der Waals surface area contributed by atoms with Gasteiger partial charge in [0.25, 0.3) is 10.1 Å². The molecule has 0 radical (unpaired) electrons. The van der Waals surface area contributed by atoms with Crippen LogP contribution in [0.1, 0.15) is 106 Å². The predicted molar refractivity (Wildman–Crippen MR) is 139 cm³/mol. The lowest BCUT2D eigenvalue weighted by molar-refractivity contribution is 0.0761. The van der Waals surface area contributed by atoms with Gasteiger partial charge in [-0.3, -0.25) is 4.55 Å². The molecule has 0 aromatic heterocycles. The number of rotatable bonds is 11. The predicted octanol–water partition coefficient (Wildman–Crippen LogP) is 7.23. The van der Waals surface area contributed by atoms with E-state index in [1.165, 1.54) is 14.2 Å². The Morgan fingerprint density at radius 1 is 0.912 bits per heavy atom. The van der Waals surface area contributed by atoms with Crippen LogP contribution in [0.4, 0.5) is 0 Å². The fourth-order valence-corrected chi connectivity index (χ4v) is 7.62. The molecular weight excluding hydrogens is 452 g/mol. The van der Waals surface area contributed by atoms with Crippen LogP contribution in [0.2, 0.25) is 0 Å². The Morgan fingerprint density at radius 3 is 1.76 bits per heavy atom. The first kappa shape index (κ1) is 30.6. The maximum Gasteiger partial charge on any atom is 0.298 e. The summed E-state index contributed by atoms with van der Waals surface area (Å²) in [6, 6.07) is 0. The third-order valence-electron chi connectivity index (χ3n) is 6.42. The van der Waals surface area contributed by atoms with E-state index in [4.69, 9.17) is 9.47 Å². The average Bonchev–Trinajstić information content (AvgIpc) is 2.59. The zero-order valence-corrected chi connectivity index (χ0v) is 24.2. The van der Waals surface area contributed by atoms with Gasteiger partial charge in [-0.05, 0) is 52.9 Å². The molecule has 2 N–H and O–H groups in total. The molecule has 0 spiro atoms. The van der Waals surface area contributed by atoms with Gasteiger partial charge in [-0.1, -0.05) is 75.7 Å². The van der Waals surface area contributed by atoms with Crippen molar-refractivity contribution >= 4 is 10.1 Å². The van der Waals surface area contributed by atoms with Crippen molar-refractivity contribution in [2.24, 2.45) is 22.2 Å². The van der Waals surface area contributed by atoms with Gasteiger partial charge < -0.3 is 14.6 Å². The highest BCUT2D eigenvalue weighted by atomic mass is 32.2. The van der Waals surface area contributed by atoms with Crippen LogP contribution < -0.4 is 9.47 Å². The minimum atomic E-state index is -4.74. The van der Waals surface area contributed by atoms with E-state index in [0.29, 0.717) is 29.9 Å². The van der Waals surface area contributed by atoms with Crippen LogP contribution in [0.5, 0.6) is 17.2 Å². The first-order valence-electron chi connectivity index (χ1n) is 12.2. The molecule has 6 nitrogen and oxygen atoms in total. The molecule has 0 heterocycles. The summed E-state index contributed by atoms with van der Waals surface area (Å²) in [6.07, 6.45) is 2.84. The third-order valence-corrected chi connectivity index (χ3v) is 7.34. The van der Waals surface area contributed by atoms with Gasteiger partial charge >= 0.3 is 0 Å². The number of methoxy groups -OCH3 is 2. The summed E-state index contributed by atoms with van der Waals surface area (Å²) in [5, 5.41) is 11.0. The maximum absolute atomic E-state index is 12.9. The Hall–Kier alpha value is -1.47. The van der Waals surface area contributed by atoms with E-state index in [2.05, 4.69) is 62.3 Å². The van der Waals surface area contributed by atoms with E-state index >= 15 is 0 Å². The van der Waals surface area contributed by atoms with E-state index in [-0.39, 0.29) is 38.6 Å². The van der Waals surface area contributed by atoms with Crippen LogP contribution in [0.3, 0.4) is 0 Å². The van der Waals surface area contributed by atoms with Crippen molar-refractivity contribution in [3.63, 3.8) is 0 Å². The Bertz CT molecular complexity index is 953. The van der Waals surface area contributed by atoms with Crippen molar-refractivity contribution in [1.82, 2.24) is 0 Å². The molecular formula is C27H48O6S. The van der Waals surface area contributed by atoms with Gasteiger partial charge in [0, 0.05) is 5.56 Å². The largest absolute Gasteiger partial charge is 0.502 e. The average molecular weight is 501 g/mol. The third kappa shape index (κ3) is 6.81. The monoisotopic (exact) mass is 500 g/mol. The number of benzene rings is 1. The molecule has 1 rings (SSSR count). The van der Waals surface area contributed by atoms with Gasteiger partial charge in [0.2, 0.25) is 5.75 Å². The molecule has 0 amide bonds. The molecule has 0 aliphatic rings. The molecule has 34 heavy (non-hydrogen) atoms. The summed E-state index contributed by atoms with van der Waals surface area (Å²) in [7, 11) is -1.99. The Morgan fingerprint density at radius 2 is 1.41 bits per heavy atom. The standard InChI is InChI=1S/C27H48O6S/c1-13-14-18-19(23(34(29,30)31)22(33-12)20(28)21(18)32-11)24(26(7,8)15-17(2)3)27(9,10)16-25(4,5)6/h17,24,28H,13-16H2,1-12H3,(H,29,30,31). The molecule has 198 valence electrons. The molecule has 0 bridgehead atoms. The van der Waals surface area contributed by atoms with Crippen LogP contribution in [0.25, 0.3) is 0 Å². The van der Waals surface area contributed by atoms with Gasteiger partial charge in [-0.2, -0.15) is 8.42 Å². The molecule has 0 saturated carbocycles. The highest BCUT2D eigenvalue weighted by molar-refractivity contribution is 7.86. The summed E-state index contributed by atoms with van der Waals surface area (Å²) < 4.78 is 47.4. The smallest absolute Gasteiger partial charge is 0.298 e. The van der Waals surface area contributed by atoms with Crippen LogP contribution in [-0.4, -0.2) is 32.3 Å². The molecule has 0 aliphatic heterocycles. The normalized spacial score (nSPS) is 14.4. The van der Waals surface area contributed by atoms with E-state index in [1.54, 1.807) is 0 Å². The molecule has 1 aromatic carbocycles. The van der Waals surface area contributed by atoms with Crippen molar-refractivity contribution in [2.45, 2.75) is 106 Å². The molecule has 0 fully saturated rings. The van der Waals surface area contributed by atoms with Crippen molar-refractivity contribution in [3.05, 3.63) is 11.1 Å². The number of ether oxygens (including phenoxy) is 2. The summed E-state index contributed by atoms with van der Waals surface area (Å²) in [4.78, 5) is -0.347. The topological polar surface area (TPSA) is 93.1 Å². The first-order valence-corrected chi connectivity index (χ1v) is 13.7. The lowest BCUT2D eigenvalue weighted by Gasteiger charge is -2.49. The van der Waals surface area contributed by atoms with Crippen LogP contribution in [0.15, 0.2) is 4.90 Å². The van der Waals surface area contributed by atoms with Gasteiger partial charge in [0.1, 0.15) is 4.90 Å². The van der Waals surface area contributed by atoms with Gasteiger partial charge in [0.05, 0.1) is 14.2 Å². The van der Waals surface area contributed by atoms with E-state index < -0.39 is 15.9 Å². The number of hydrogen-bond acceptors (Lipinski definition) is 5. The van der Waals surface area contributed by atoms with Crippen LogP contribution in [-0.2, 0) is 16.5 Å². The van der Waals surface area contributed by atoms with E-state index in [9.17, 15) is 18.1 Å². The summed E-state index contributed by atoms with van der Waals surface area (Å²) >= 11 is 0. The molecule has 0 saturated heterocycles. The fraction of sp³-hybridized carbons (Fsp3) is 0.778. The van der Waals surface area contributed by atoms with Gasteiger partial charge in [-0.15, -0.1) is 0 Å². The second-order valence-electron chi connectivity index (χ2n) is 12.6. The highest BCUT2D eigenvalue weighted by Gasteiger charge is 2.48. The molecule has 1 aromatic rings. The molecule has 7 heteroatoms. The SMILES string of the molecule is CCCc1c(OC)c(O)c(OC)c(S(=O)(=O)O)c1C(C(C)(C)CC(C)C)C(C)(C)CC(C)(C)C. The number of phenolic OH excluding ortho intramolecular Hbond substituents is 1. The van der Waals surface area contributed by atoms with E-state index in [1.807, 2.05) is 6.92 Å². The second-order valence-corrected chi connectivity index (χ2v) is 14.0. The van der Waals surface area contributed by atoms with Gasteiger partial charge in [0.15, 0.2) is 11.5 Å². The first-order chi connectivity index (χ1) is 15.2. The van der Waals surface area contributed by atoms with Crippen molar-refractivity contribution in [3.8, 4) is 17.2 Å². The number of aromatic hydroxyl groups is 1. The Kier molecular flexibility index (Phi) is 9.57. The van der Waals surface area contributed by atoms with Gasteiger partial charge in [-0.25, -0.2) is 0 Å². The highest BCUT2D eigenvalue weighted by Crippen LogP contribution is 2.60. The van der Waals surface area contributed by atoms with Crippen molar-refractivity contribution < 1.29 is 27.6 Å². The minimum absolute atomic E-state index is 0.0239. The summed E-state index contributed by atoms with van der Waals surface area (Å²) in [5.41, 5.74) is 0.364. The zero-order valence-electron chi connectivity index (χ0n) is 23.4. The second kappa shape index (κ2) is 10.7. The quantitative estimate of drug-likeness (QED) is 0.311. The summed E-state index contributed by atoms with van der Waals surface area (Å²) in [6.45, 7) is 21.5. The summed E-state index contributed by atoms with van der Waals surface area (Å²) in [5.74, 6) is -0.390. The fourth-order valence-electron chi connectivity index (χ4n) is 6.68. The van der Waals surface area contributed by atoms with E-state index in [0.717, 1.165) is 12.8 Å². The zero-order chi connectivity index (χ0) is 26.9. The van der Waals surface area contributed by atoms with Crippen LogP contribution >= 0.6 is 0 Å². The molecule has 1 unspecified atom stereocenters.